The van der Waals surface area contributed by atoms with Gasteiger partial charge in [-0.2, -0.15) is 0 Å². The molecule has 0 spiro atoms. The van der Waals surface area contributed by atoms with Gasteiger partial charge in [-0.3, -0.25) is 5.32 Å². The lowest BCUT2D eigenvalue weighted by Gasteiger charge is -2.27. The van der Waals surface area contributed by atoms with E-state index in [1.165, 1.54) is 0 Å². The molecule has 1 fully saturated rings. The van der Waals surface area contributed by atoms with Gasteiger partial charge in [0.15, 0.2) is 6.30 Å². The second-order valence-electron chi connectivity index (χ2n) is 2.60. The first kappa shape index (κ1) is 7.56. The fourth-order valence-electron chi connectivity index (χ4n) is 1.06. The van der Waals surface area contributed by atoms with Gasteiger partial charge in [0.2, 0.25) is 0 Å². The third-order valence-corrected chi connectivity index (χ3v) is 1.73. The quantitative estimate of drug-likeness (QED) is 0.392. The molecule has 0 aromatic rings. The van der Waals surface area contributed by atoms with Crippen molar-refractivity contribution >= 4 is 0 Å². The van der Waals surface area contributed by atoms with E-state index < -0.39 is 6.30 Å². The van der Waals surface area contributed by atoms with Crippen molar-refractivity contribution in [3.8, 4) is 12.3 Å². The lowest BCUT2D eigenvalue weighted by molar-refractivity contribution is 0.178. The summed E-state index contributed by atoms with van der Waals surface area (Å²) in [4.78, 5) is 0. The number of rotatable bonds is 0. The number of piperidine rings is 1. The first-order valence-corrected chi connectivity index (χ1v) is 3.43. The van der Waals surface area contributed by atoms with Crippen LogP contribution in [0.4, 0.5) is 4.39 Å². The maximum atomic E-state index is 12.8. The molecule has 0 saturated carbocycles. The van der Waals surface area contributed by atoms with E-state index in [0.29, 0.717) is 6.42 Å². The number of hydrogen-bond acceptors (Lipinski definition) is 1. The van der Waals surface area contributed by atoms with E-state index >= 15 is 0 Å². The summed E-state index contributed by atoms with van der Waals surface area (Å²) in [6.07, 6.45) is 6.75. The third-order valence-electron chi connectivity index (χ3n) is 1.73. The van der Waals surface area contributed by atoms with Gasteiger partial charge in [-0.15, -0.1) is 6.42 Å². The number of hydrogen-bond donors (Lipinski definition) is 1. The summed E-state index contributed by atoms with van der Waals surface area (Å²) >= 11 is 0. The molecule has 0 aromatic heterocycles. The zero-order valence-electron chi connectivity index (χ0n) is 5.97. The molecule has 0 amide bonds. The standard InChI is InChI=1S/C8H11FN/c1-3-7-5-4-6(2)10-8(7)9/h1,4,6-8,10H,5H2,2H3. The average molecular weight is 140 g/mol. The van der Waals surface area contributed by atoms with Crippen LogP contribution in [0.5, 0.6) is 0 Å². The van der Waals surface area contributed by atoms with Gasteiger partial charge in [0.25, 0.3) is 0 Å². The van der Waals surface area contributed by atoms with Crippen LogP contribution in [0.25, 0.3) is 0 Å². The second-order valence-corrected chi connectivity index (χ2v) is 2.60. The number of alkyl halides is 1. The van der Waals surface area contributed by atoms with E-state index in [0.717, 1.165) is 0 Å². The second kappa shape index (κ2) is 3.03. The van der Waals surface area contributed by atoms with Crippen molar-refractivity contribution in [2.75, 3.05) is 0 Å². The Morgan fingerprint density at radius 3 is 3.00 bits per heavy atom. The Kier molecular flexibility index (Phi) is 2.29. The highest BCUT2D eigenvalue weighted by atomic mass is 19.1. The van der Waals surface area contributed by atoms with Crippen LogP contribution in [0.1, 0.15) is 13.3 Å². The topological polar surface area (TPSA) is 12.0 Å². The molecule has 1 aliphatic heterocycles. The molecule has 1 nitrogen and oxygen atoms in total. The molecule has 0 bridgehead atoms. The van der Waals surface area contributed by atoms with Gasteiger partial charge in [0, 0.05) is 6.04 Å². The lowest BCUT2D eigenvalue weighted by atomic mass is 9.95. The molecule has 55 valence electrons. The predicted octanol–water partition coefficient (Wildman–Crippen LogP) is 1.12. The van der Waals surface area contributed by atoms with Gasteiger partial charge >= 0.3 is 0 Å². The molecule has 1 saturated heterocycles. The van der Waals surface area contributed by atoms with Gasteiger partial charge in [0.1, 0.15) is 0 Å². The van der Waals surface area contributed by atoms with E-state index in [9.17, 15) is 4.39 Å². The van der Waals surface area contributed by atoms with Crippen molar-refractivity contribution in [1.82, 2.24) is 5.32 Å². The lowest BCUT2D eigenvalue weighted by Crippen LogP contribution is -2.43. The van der Waals surface area contributed by atoms with Gasteiger partial charge in [0.05, 0.1) is 5.92 Å². The maximum absolute atomic E-state index is 12.8. The van der Waals surface area contributed by atoms with E-state index in [1.807, 2.05) is 13.3 Å². The van der Waals surface area contributed by atoms with Crippen molar-refractivity contribution in [3.63, 3.8) is 0 Å². The molecule has 1 N–H and O–H groups in total. The molecule has 10 heavy (non-hydrogen) atoms. The van der Waals surface area contributed by atoms with E-state index in [2.05, 4.69) is 11.2 Å². The minimum Gasteiger partial charge on any atom is -0.284 e. The van der Waals surface area contributed by atoms with Gasteiger partial charge in [-0.05, 0) is 19.8 Å². The van der Waals surface area contributed by atoms with Crippen LogP contribution in [0, 0.1) is 24.7 Å². The van der Waals surface area contributed by atoms with Crippen molar-refractivity contribution in [2.24, 2.45) is 5.92 Å². The minimum atomic E-state index is -1.02. The molecule has 1 aliphatic rings. The Bertz CT molecular complexity index is 150. The minimum absolute atomic E-state index is 0.152. The largest absolute Gasteiger partial charge is 0.284 e. The summed E-state index contributed by atoms with van der Waals surface area (Å²) in [7, 11) is 0. The van der Waals surface area contributed by atoms with Gasteiger partial charge in [-0.1, -0.05) is 5.92 Å². The van der Waals surface area contributed by atoms with Crippen molar-refractivity contribution in [3.05, 3.63) is 6.42 Å². The molecule has 0 aromatic carbocycles. The highest BCUT2D eigenvalue weighted by Gasteiger charge is 2.25. The number of terminal acetylenes is 1. The first-order chi connectivity index (χ1) is 4.74. The van der Waals surface area contributed by atoms with Gasteiger partial charge < -0.3 is 0 Å². The van der Waals surface area contributed by atoms with Crippen LogP contribution in [-0.4, -0.2) is 12.3 Å². The van der Waals surface area contributed by atoms with Crippen LogP contribution >= 0.6 is 0 Å². The molecular weight excluding hydrogens is 129 g/mol. The maximum Gasteiger partial charge on any atom is 0.165 e. The Hall–Kier alpha value is -0.550. The molecule has 1 rings (SSSR count). The van der Waals surface area contributed by atoms with E-state index in [1.54, 1.807) is 0 Å². The van der Waals surface area contributed by atoms with E-state index in [4.69, 9.17) is 6.42 Å². The molecule has 3 atom stereocenters. The fourth-order valence-corrected chi connectivity index (χ4v) is 1.06. The summed E-state index contributed by atoms with van der Waals surface area (Å²) in [6, 6.07) is 0.152. The Morgan fingerprint density at radius 2 is 2.50 bits per heavy atom. The van der Waals surface area contributed by atoms with Crippen LogP contribution in [0.3, 0.4) is 0 Å². The van der Waals surface area contributed by atoms with Crippen molar-refractivity contribution < 1.29 is 4.39 Å². The zero-order valence-corrected chi connectivity index (χ0v) is 5.97. The molecule has 1 radical (unpaired) electrons. The number of halogens is 1. The smallest absolute Gasteiger partial charge is 0.165 e. The number of nitrogens with one attached hydrogen (secondary N) is 1. The summed E-state index contributed by atoms with van der Waals surface area (Å²) in [5, 5.41) is 2.72. The Balaban J connectivity index is 2.45. The molecule has 2 heteroatoms. The fraction of sp³-hybridized carbons (Fsp3) is 0.625. The van der Waals surface area contributed by atoms with Crippen LogP contribution in [0.15, 0.2) is 0 Å². The van der Waals surface area contributed by atoms with Crippen molar-refractivity contribution in [1.29, 1.82) is 0 Å². The molecular formula is C8H11FN. The SMILES string of the molecule is C#CC1C[CH]C(C)NC1F. The van der Waals surface area contributed by atoms with Crippen molar-refractivity contribution in [2.45, 2.75) is 25.7 Å². The van der Waals surface area contributed by atoms with Crippen LogP contribution in [-0.2, 0) is 0 Å². The summed E-state index contributed by atoms with van der Waals surface area (Å²) in [6.45, 7) is 1.92. The highest BCUT2D eigenvalue weighted by molar-refractivity contribution is 5.03. The summed E-state index contributed by atoms with van der Waals surface area (Å²) in [5.74, 6) is 2.14. The first-order valence-electron chi connectivity index (χ1n) is 3.43. The molecule has 1 heterocycles. The predicted molar refractivity (Wildman–Crippen MR) is 38.7 cm³/mol. The molecule has 3 unspecified atom stereocenters. The monoisotopic (exact) mass is 140 g/mol. The third kappa shape index (κ3) is 1.48. The Morgan fingerprint density at radius 1 is 1.80 bits per heavy atom. The normalized spacial score (nSPS) is 40.7. The van der Waals surface area contributed by atoms with Gasteiger partial charge in [-0.25, -0.2) is 4.39 Å². The van der Waals surface area contributed by atoms with Crippen LogP contribution in [0.2, 0.25) is 0 Å². The highest BCUT2D eigenvalue weighted by Crippen LogP contribution is 2.18. The summed E-state index contributed by atoms with van der Waals surface area (Å²) in [5.41, 5.74) is 0. The summed E-state index contributed by atoms with van der Waals surface area (Å²) < 4.78 is 12.8. The molecule has 0 aliphatic carbocycles. The Labute approximate surface area is 61.0 Å². The zero-order chi connectivity index (χ0) is 7.56. The average Bonchev–Trinajstić information content (AvgIpc) is 1.88. The van der Waals surface area contributed by atoms with Crippen LogP contribution < -0.4 is 5.32 Å². The van der Waals surface area contributed by atoms with E-state index in [-0.39, 0.29) is 12.0 Å².